The van der Waals surface area contributed by atoms with Gasteiger partial charge in [0, 0.05) is 24.8 Å². The van der Waals surface area contributed by atoms with Crippen LogP contribution in [-0.4, -0.2) is 44.2 Å². The van der Waals surface area contributed by atoms with Gasteiger partial charge in [-0.1, -0.05) is 12.1 Å². The molecule has 1 amide bonds. The number of anilines is 1. The van der Waals surface area contributed by atoms with E-state index in [4.69, 9.17) is 9.47 Å². The number of amides is 1. The van der Waals surface area contributed by atoms with Gasteiger partial charge in [-0.15, -0.1) is 0 Å². The number of para-hydroxylation sites is 1. The lowest BCUT2D eigenvalue weighted by Gasteiger charge is -2.33. The third-order valence-electron chi connectivity index (χ3n) is 4.61. The smallest absolute Gasteiger partial charge is 0.257 e. The Kier molecular flexibility index (Phi) is 5.61. The Morgan fingerprint density at radius 3 is 2.50 bits per heavy atom. The molecule has 1 fully saturated rings. The lowest BCUT2D eigenvalue weighted by Crippen LogP contribution is -2.42. The first-order valence-corrected chi connectivity index (χ1v) is 8.64. The van der Waals surface area contributed by atoms with Crippen LogP contribution in [0.4, 0.5) is 10.1 Å². The van der Waals surface area contributed by atoms with Gasteiger partial charge in [0.1, 0.15) is 5.82 Å². The van der Waals surface area contributed by atoms with Crippen molar-refractivity contribution in [2.75, 3.05) is 32.6 Å². The number of piperidine rings is 1. The quantitative estimate of drug-likeness (QED) is 0.888. The summed E-state index contributed by atoms with van der Waals surface area (Å²) in [6.07, 6.45) is 1.60. The van der Waals surface area contributed by atoms with Crippen LogP contribution in [0, 0.1) is 5.82 Å². The first-order chi connectivity index (χ1) is 12.6. The molecule has 1 saturated heterocycles. The topological polar surface area (TPSA) is 50.8 Å². The molecule has 2 aromatic rings. The van der Waals surface area contributed by atoms with Gasteiger partial charge in [0.05, 0.1) is 19.8 Å². The van der Waals surface area contributed by atoms with Crippen LogP contribution in [0.1, 0.15) is 23.2 Å². The van der Waals surface area contributed by atoms with Gasteiger partial charge >= 0.3 is 0 Å². The van der Waals surface area contributed by atoms with Crippen LogP contribution in [0.15, 0.2) is 42.5 Å². The van der Waals surface area contributed by atoms with E-state index >= 15 is 0 Å². The monoisotopic (exact) mass is 358 g/mol. The second-order valence-corrected chi connectivity index (χ2v) is 6.26. The number of likely N-dealkylation sites (tertiary alicyclic amines) is 1. The van der Waals surface area contributed by atoms with Crippen molar-refractivity contribution < 1.29 is 18.7 Å². The molecule has 1 aliphatic rings. The molecule has 2 aromatic carbocycles. The van der Waals surface area contributed by atoms with Crippen molar-refractivity contribution in [1.29, 1.82) is 0 Å². The minimum Gasteiger partial charge on any atom is -0.493 e. The number of carbonyl (C=O) groups is 1. The molecule has 0 aromatic heterocycles. The minimum absolute atomic E-state index is 0.0649. The van der Waals surface area contributed by atoms with E-state index in [1.807, 2.05) is 11.0 Å². The number of ether oxygens (including phenoxy) is 2. The summed E-state index contributed by atoms with van der Waals surface area (Å²) in [5.74, 6) is 0.679. The zero-order valence-electron chi connectivity index (χ0n) is 15.0. The van der Waals surface area contributed by atoms with Crippen LogP contribution in [-0.2, 0) is 0 Å². The summed E-state index contributed by atoms with van der Waals surface area (Å²) >= 11 is 0. The van der Waals surface area contributed by atoms with E-state index in [9.17, 15) is 9.18 Å². The molecule has 0 bridgehead atoms. The minimum atomic E-state index is -0.257. The summed E-state index contributed by atoms with van der Waals surface area (Å²) in [6.45, 7) is 1.26. The molecule has 0 unspecified atom stereocenters. The summed E-state index contributed by atoms with van der Waals surface area (Å²) in [5.41, 5.74) is 1.27. The second kappa shape index (κ2) is 8.08. The first-order valence-electron chi connectivity index (χ1n) is 8.64. The lowest BCUT2D eigenvalue weighted by molar-refractivity contribution is 0.0714. The van der Waals surface area contributed by atoms with E-state index in [0.29, 0.717) is 30.2 Å². The van der Waals surface area contributed by atoms with Crippen molar-refractivity contribution in [2.45, 2.75) is 18.9 Å². The van der Waals surface area contributed by atoms with Gasteiger partial charge in [-0.3, -0.25) is 4.79 Å². The van der Waals surface area contributed by atoms with Crippen LogP contribution in [0.25, 0.3) is 0 Å². The second-order valence-electron chi connectivity index (χ2n) is 6.26. The van der Waals surface area contributed by atoms with Crippen LogP contribution >= 0.6 is 0 Å². The summed E-state index contributed by atoms with van der Waals surface area (Å²) in [4.78, 5) is 14.7. The number of nitrogens with zero attached hydrogens (tertiary/aromatic N) is 1. The molecule has 5 nitrogen and oxygen atoms in total. The van der Waals surface area contributed by atoms with Crippen molar-refractivity contribution in [1.82, 2.24) is 4.90 Å². The molecule has 0 spiro atoms. The number of hydrogen-bond donors (Lipinski definition) is 1. The number of nitrogens with one attached hydrogen (secondary N) is 1. The molecule has 6 heteroatoms. The predicted octanol–water partition coefficient (Wildman–Crippen LogP) is 3.56. The molecular formula is C20H23FN2O3. The summed E-state index contributed by atoms with van der Waals surface area (Å²) in [5, 5.41) is 3.34. The Morgan fingerprint density at radius 1 is 1.12 bits per heavy atom. The number of methoxy groups -OCH3 is 2. The standard InChI is InChI=1S/C20H23FN2O3/c1-25-18-8-4-7-17(19(18)26-2)20(24)23-11-9-15(10-12-23)22-16-6-3-5-14(21)13-16/h3-8,13,15,22H,9-12H2,1-2H3. The summed E-state index contributed by atoms with van der Waals surface area (Å²) in [6, 6.07) is 12.0. The Bertz CT molecular complexity index is 773. The van der Waals surface area contributed by atoms with E-state index < -0.39 is 0 Å². The van der Waals surface area contributed by atoms with Crippen molar-refractivity contribution >= 4 is 11.6 Å². The van der Waals surface area contributed by atoms with Crippen molar-refractivity contribution in [3.8, 4) is 11.5 Å². The van der Waals surface area contributed by atoms with E-state index in [2.05, 4.69) is 5.32 Å². The van der Waals surface area contributed by atoms with Crippen molar-refractivity contribution in [3.63, 3.8) is 0 Å². The molecule has 1 N–H and O–H groups in total. The SMILES string of the molecule is COc1cccc(C(=O)N2CCC(Nc3cccc(F)c3)CC2)c1OC. The molecule has 26 heavy (non-hydrogen) atoms. The lowest BCUT2D eigenvalue weighted by atomic mass is 10.0. The number of carbonyl (C=O) groups excluding carboxylic acids is 1. The number of benzene rings is 2. The van der Waals surface area contributed by atoms with E-state index in [1.54, 1.807) is 31.4 Å². The fraction of sp³-hybridized carbons (Fsp3) is 0.350. The Labute approximate surface area is 152 Å². The summed E-state index contributed by atoms with van der Waals surface area (Å²) in [7, 11) is 3.08. The largest absolute Gasteiger partial charge is 0.493 e. The normalized spacial score (nSPS) is 14.8. The highest BCUT2D eigenvalue weighted by molar-refractivity contribution is 5.97. The number of rotatable bonds is 5. The van der Waals surface area contributed by atoms with E-state index in [0.717, 1.165) is 18.5 Å². The maximum absolute atomic E-state index is 13.3. The van der Waals surface area contributed by atoms with Gasteiger partial charge in [0.25, 0.3) is 5.91 Å². The number of hydrogen-bond acceptors (Lipinski definition) is 4. The first kappa shape index (κ1) is 18.0. The molecule has 0 radical (unpaired) electrons. The van der Waals surface area contributed by atoms with E-state index in [-0.39, 0.29) is 17.8 Å². The van der Waals surface area contributed by atoms with Gasteiger partial charge in [0.2, 0.25) is 0 Å². The zero-order chi connectivity index (χ0) is 18.5. The van der Waals surface area contributed by atoms with Gasteiger partial charge in [-0.05, 0) is 43.2 Å². The van der Waals surface area contributed by atoms with Gasteiger partial charge in [-0.2, -0.15) is 0 Å². The predicted molar refractivity (Wildman–Crippen MR) is 98.5 cm³/mol. The van der Waals surface area contributed by atoms with Gasteiger partial charge < -0.3 is 19.7 Å². The van der Waals surface area contributed by atoms with Crippen molar-refractivity contribution in [2.24, 2.45) is 0 Å². The number of halogens is 1. The maximum atomic E-state index is 13.3. The third-order valence-corrected chi connectivity index (χ3v) is 4.61. The molecule has 138 valence electrons. The average Bonchev–Trinajstić information content (AvgIpc) is 2.67. The van der Waals surface area contributed by atoms with Crippen LogP contribution in [0.2, 0.25) is 0 Å². The molecule has 3 rings (SSSR count). The molecule has 0 atom stereocenters. The average molecular weight is 358 g/mol. The van der Waals surface area contributed by atoms with Gasteiger partial charge in [-0.25, -0.2) is 4.39 Å². The third kappa shape index (κ3) is 3.90. The fourth-order valence-electron chi connectivity index (χ4n) is 3.27. The van der Waals surface area contributed by atoms with Crippen molar-refractivity contribution in [3.05, 3.63) is 53.8 Å². The van der Waals surface area contributed by atoms with Crippen LogP contribution in [0.3, 0.4) is 0 Å². The maximum Gasteiger partial charge on any atom is 0.257 e. The highest BCUT2D eigenvalue weighted by Gasteiger charge is 2.26. The Morgan fingerprint density at radius 2 is 1.85 bits per heavy atom. The van der Waals surface area contributed by atoms with Crippen LogP contribution in [0.5, 0.6) is 11.5 Å². The molecule has 0 aliphatic carbocycles. The molecule has 1 aliphatic heterocycles. The fourth-order valence-corrected chi connectivity index (χ4v) is 3.27. The highest BCUT2D eigenvalue weighted by atomic mass is 19.1. The molecular weight excluding hydrogens is 335 g/mol. The zero-order valence-corrected chi connectivity index (χ0v) is 15.0. The Hall–Kier alpha value is -2.76. The van der Waals surface area contributed by atoms with Crippen LogP contribution < -0.4 is 14.8 Å². The highest BCUT2D eigenvalue weighted by Crippen LogP contribution is 2.32. The molecule has 0 saturated carbocycles. The summed E-state index contributed by atoms with van der Waals surface area (Å²) < 4.78 is 23.9. The Balaban J connectivity index is 1.64. The molecule has 1 heterocycles. The van der Waals surface area contributed by atoms with E-state index in [1.165, 1.54) is 19.2 Å². The van der Waals surface area contributed by atoms with Gasteiger partial charge in [0.15, 0.2) is 11.5 Å².